The van der Waals surface area contributed by atoms with Gasteiger partial charge in [-0.25, -0.2) is 5.01 Å². The third-order valence-corrected chi connectivity index (χ3v) is 6.25. The molecule has 5 rings (SSSR count). The maximum Gasteiger partial charge on any atom is 0.258 e. The predicted octanol–water partition coefficient (Wildman–Crippen LogP) is 5.21. The number of hydrogen-bond acceptors (Lipinski definition) is 4. The minimum absolute atomic E-state index is 0.194. The molecule has 34 heavy (non-hydrogen) atoms. The van der Waals surface area contributed by atoms with Gasteiger partial charge in [-0.2, -0.15) is 5.10 Å². The molecular weight excluding hydrogens is 426 g/mol. The highest BCUT2D eigenvalue weighted by molar-refractivity contribution is 6.13. The molecule has 6 heteroatoms. The van der Waals surface area contributed by atoms with Gasteiger partial charge in [-0.3, -0.25) is 9.59 Å². The van der Waals surface area contributed by atoms with E-state index in [1.165, 1.54) is 11.9 Å². The Labute approximate surface area is 197 Å². The first-order valence-electron chi connectivity index (χ1n) is 11.2. The highest BCUT2D eigenvalue weighted by atomic mass is 16.5. The Bertz CT molecular complexity index is 1490. The van der Waals surface area contributed by atoms with E-state index in [9.17, 15) is 9.59 Å². The summed E-state index contributed by atoms with van der Waals surface area (Å²) in [6.45, 7) is 3.52. The van der Waals surface area contributed by atoms with Gasteiger partial charge >= 0.3 is 0 Å². The number of methoxy groups -OCH3 is 1. The van der Waals surface area contributed by atoms with Gasteiger partial charge in [0.05, 0.1) is 24.4 Å². The molecule has 1 amide bonds. The number of nitrogens with one attached hydrogen (secondary N) is 1. The summed E-state index contributed by atoms with van der Waals surface area (Å²) in [5, 5.41) is 7.10. The lowest BCUT2D eigenvalue weighted by Crippen LogP contribution is -2.24. The fraction of sp³-hybridized carbons (Fsp3) is 0.179. The first-order valence-corrected chi connectivity index (χ1v) is 11.2. The number of amides is 1. The molecule has 3 aromatic carbocycles. The van der Waals surface area contributed by atoms with Crippen molar-refractivity contribution in [3.05, 3.63) is 99.8 Å². The highest BCUT2D eigenvalue weighted by Gasteiger charge is 2.35. The molecule has 1 aliphatic rings. The van der Waals surface area contributed by atoms with Crippen molar-refractivity contribution in [1.29, 1.82) is 0 Å². The minimum Gasteiger partial charge on any atom is -0.496 e. The Morgan fingerprint density at radius 1 is 1.03 bits per heavy atom. The van der Waals surface area contributed by atoms with E-state index < -0.39 is 0 Å². The summed E-state index contributed by atoms with van der Waals surface area (Å²) < 4.78 is 5.56. The lowest BCUT2D eigenvalue weighted by molar-refractivity contribution is -0.130. The van der Waals surface area contributed by atoms with Crippen molar-refractivity contribution in [2.75, 3.05) is 7.11 Å². The number of fused-ring (bicyclic) bond motifs is 1. The van der Waals surface area contributed by atoms with E-state index in [0.29, 0.717) is 23.4 Å². The summed E-state index contributed by atoms with van der Waals surface area (Å²) in [6.07, 6.45) is 0.403. The zero-order valence-electron chi connectivity index (χ0n) is 19.3. The van der Waals surface area contributed by atoms with Crippen LogP contribution in [0.3, 0.4) is 0 Å². The van der Waals surface area contributed by atoms with Gasteiger partial charge in [0.1, 0.15) is 5.75 Å². The van der Waals surface area contributed by atoms with E-state index in [-0.39, 0.29) is 17.5 Å². The number of hydrazone groups is 1. The Balaban J connectivity index is 1.75. The first-order chi connectivity index (χ1) is 16.5. The molecule has 0 saturated carbocycles. The van der Waals surface area contributed by atoms with Crippen molar-refractivity contribution in [1.82, 2.24) is 9.99 Å². The summed E-state index contributed by atoms with van der Waals surface area (Å²) in [5.41, 5.74) is 5.31. The summed E-state index contributed by atoms with van der Waals surface area (Å²) in [7, 11) is 1.61. The molecule has 0 radical (unpaired) electrons. The number of hydrogen-bond donors (Lipinski definition) is 1. The third kappa shape index (κ3) is 3.67. The summed E-state index contributed by atoms with van der Waals surface area (Å²) in [6, 6.07) is 23.1. The van der Waals surface area contributed by atoms with Crippen molar-refractivity contribution in [2.24, 2.45) is 5.10 Å². The van der Waals surface area contributed by atoms with Crippen LogP contribution in [0.1, 0.15) is 36.1 Å². The maximum atomic E-state index is 13.5. The van der Waals surface area contributed by atoms with Crippen LogP contribution in [0.4, 0.5) is 0 Å². The van der Waals surface area contributed by atoms with Crippen molar-refractivity contribution < 1.29 is 9.53 Å². The number of benzene rings is 3. The van der Waals surface area contributed by atoms with Crippen LogP contribution in [0.25, 0.3) is 22.0 Å². The van der Waals surface area contributed by atoms with Crippen LogP contribution in [0.2, 0.25) is 0 Å². The zero-order chi connectivity index (χ0) is 23.8. The average Bonchev–Trinajstić information content (AvgIpc) is 3.29. The number of H-pyrrole nitrogens is 1. The molecule has 1 N–H and O–H groups in total. The molecule has 170 valence electrons. The Morgan fingerprint density at radius 3 is 2.50 bits per heavy atom. The lowest BCUT2D eigenvalue weighted by Gasteiger charge is -2.22. The van der Waals surface area contributed by atoms with Gasteiger partial charge in [-0.05, 0) is 30.7 Å². The second kappa shape index (κ2) is 8.63. The molecule has 0 saturated heterocycles. The minimum atomic E-state index is -0.361. The zero-order valence-corrected chi connectivity index (χ0v) is 19.3. The van der Waals surface area contributed by atoms with Gasteiger partial charge in [0, 0.05) is 35.4 Å². The van der Waals surface area contributed by atoms with E-state index in [0.717, 1.165) is 33.2 Å². The molecule has 4 aromatic rings. The Hall–Kier alpha value is -4.19. The van der Waals surface area contributed by atoms with Crippen molar-refractivity contribution in [3.63, 3.8) is 0 Å². The number of aromatic amines is 1. The van der Waals surface area contributed by atoms with Crippen LogP contribution >= 0.6 is 0 Å². The number of pyridine rings is 1. The van der Waals surface area contributed by atoms with E-state index in [4.69, 9.17) is 9.84 Å². The Kier molecular flexibility index (Phi) is 5.49. The van der Waals surface area contributed by atoms with Crippen LogP contribution < -0.4 is 10.3 Å². The second-order valence-corrected chi connectivity index (χ2v) is 8.49. The number of aromatic nitrogens is 1. The molecule has 1 aliphatic heterocycles. The molecule has 1 atom stereocenters. The quantitative estimate of drug-likeness (QED) is 0.463. The fourth-order valence-electron chi connectivity index (χ4n) is 4.72. The number of carbonyl (C=O) groups is 1. The molecule has 0 fully saturated rings. The SMILES string of the molecule is COc1ccccc1[C@H]1CC(c2c(-c3ccccc3)c3cc(C)ccc3[nH]c2=O)=NN1C(C)=O. The third-order valence-electron chi connectivity index (χ3n) is 6.25. The first kappa shape index (κ1) is 21.6. The number of para-hydroxylation sites is 1. The van der Waals surface area contributed by atoms with Gasteiger partial charge in [0.2, 0.25) is 5.91 Å². The van der Waals surface area contributed by atoms with Crippen molar-refractivity contribution in [2.45, 2.75) is 26.3 Å². The fourth-order valence-corrected chi connectivity index (χ4v) is 4.72. The molecule has 0 bridgehead atoms. The summed E-state index contributed by atoms with van der Waals surface area (Å²) in [5.74, 6) is 0.488. The van der Waals surface area contributed by atoms with Crippen LogP contribution in [0.5, 0.6) is 5.75 Å². The monoisotopic (exact) mass is 451 g/mol. The summed E-state index contributed by atoms with van der Waals surface area (Å²) >= 11 is 0. The summed E-state index contributed by atoms with van der Waals surface area (Å²) in [4.78, 5) is 29.1. The molecular formula is C28H25N3O3. The van der Waals surface area contributed by atoms with E-state index in [1.54, 1.807) is 7.11 Å². The predicted molar refractivity (Wildman–Crippen MR) is 134 cm³/mol. The molecule has 0 spiro atoms. The number of aryl methyl sites for hydroxylation is 1. The normalized spacial score (nSPS) is 15.4. The topological polar surface area (TPSA) is 74.8 Å². The van der Waals surface area contributed by atoms with Crippen LogP contribution in [0.15, 0.2) is 82.7 Å². The maximum absolute atomic E-state index is 13.5. The van der Waals surface area contributed by atoms with Crippen LogP contribution in [-0.4, -0.2) is 28.7 Å². The second-order valence-electron chi connectivity index (χ2n) is 8.49. The molecule has 2 heterocycles. The smallest absolute Gasteiger partial charge is 0.258 e. The largest absolute Gasteiger partial charge is 0.496 e. The lowest BCUT2D eigenvalue weighted by atomic mass is 9.90. The standard InChI is InChI=1S/C28H25N3O3/c1-17-13-14-22-21(15-17)26(19-9-5-4-6-10-19)27(28(33)29-22)23-16-24(31(30-23)18(2)32)20-11-7-8-12-25(20)34-3/h4-15,24H,16H2,1-3H3,(H,29,33)/t24-/m1/s1. The van der Waals surface area contributed by atoms with E-state index >= 15 is 0 Å². The number of carbonyl (C=O) groups excluding carboxylic acids is 1. The van der Waals surface area contributed by atoms with Crippen LogP contribution in [0, 0.1) is 6.92 Å². The Morgan fingerprint density at radius 2 is 1.76 bits per heavy atom. The van der Waals surface area contributed by atoms with Crippen molar-refractivity contribution >= 4 is 22.5 Å². The van der Waals surface area contributed by atoms with Gasteiger partial charge in [0.15, 0.2) is 0 Å². The van der Waals surface area contributed by atoms with Crippen molar-refractivity contribution in [3.8, 4) is 16.9 Å². The highest BCUT2D eigenvalue weighted by Crippen LogP contribution is 2.39. The van der Waals surface area contributed by atoms with Gasteiger partial charge in [-0.15, -0.1) is 0 Å². The number of nitrogens with zero attached hydrogens (tertiary/aromatic N) is 2. The molecule has 6 nitrogen and oxygen atoms in total. The van der Waals surface area contributed by atoms with E-state index in [2.05, 4.69) is 11.1 Å². The van der Waals surface area contributed by atoms with Gasteiger partial charge in [-0.1, -0.05) is 60.2 Å². The van der Waals surface area contributed by atoms with Crippen LogP contribution in [-0.2, 0) is 4.79 Å². The number of rotatable bonds is 4. The molecule has 0 aliphatic carbocycles. The number of ether oxygens (including phenoxy) is 1. The average molecular weight is 452 g/mol. The van der Waals surface area contributed by atoms with Gasteiger partial charge < -0.3 is 9.72 Å². The van der Waals surface area contributed by atoms with E-state index in [1.807, 2.05) is 73.7 Å². The van der Waals surface area contributed by atoms with Gasteiger partial charge in [0.25, 0.3) is 5.56 Å². The molecule has 1 aromatic heterocycles. The molecule has 0 unspecified atom stereocenters.